The number of aliphatic hydroxyl groups excluding tert-OH is 1. The van der Waals surface area contributed by atoms with Crippen LogP contribution < -0.4 is 0 Å². The fraction of sp³-hybridized carbons (Fsp3) is 0.333. The highest BCUT2D eigenvalue weighted by molar-refractivity contribution is 6.31. The molecule has 0 spiro atoms. The summed E-state index contributed by atoms with van der Waals surface area (Å²) in [7, 11) is 0. The van der Waals surface area contributed by atoms with Crippen molar-refractivity contribution in [3.63, 3.8) is 0 Å². The van der Waals surface area contributed by atoms with E-state index in [9.17, 15) is 9.50 Å². The first-order chi connectivity index (χ1) is 10.1. The van der Waals surface area contributed by atoms with Crippen molar-refractivity contribution in [1.82, 2.24) is 0 Å². The standard InChI is InChI=1S/C18H18ClFO/c19-16-12-15(20)8-7-13(16)11-17(21)18(9-4-10-18)14-5-2-1-3-6-14/h1-3,5-8,12,17,21H,4,9-11H2. The summed E-state index contributed by atoms with van der Waals surface area (Å²) in [6, 6.07) is 14.5. The summed E-state index contributed by atoms with van der Waals surface area (Å²) in [6.45, 7) is 0. The molecule has 1 nitrogen and oxygen atoms in total. The van der Waals surface area contributed by atoms with Gasteiger partial charge in [0.15, 0.2) is 0 Å². The quantitative estimate of drug-likeness (QED) is 0.881. The minimum atomic E-state index is -0.503. The second-order valence-electron chi connectivity index (χ2n) is 5.83. The van der Waals surface area contributed by atoms with Crippen molar-refractivity contribution in [2.45, 2.75) is 37.2 Å². The maximum Gasteiger partial charge on any atom is 0.124 e. The minimum absolute atomic E-state index is 0.182. The first-order valence-electron chi connectivity index (χ1n) is 7.29. The van der Waals surface area contributed by atoms with Crippen molar-refractivity contribution in [2.24, 2.45) is 0 Å². The number of hydrogen-bond acceptors (Lipinski definition) is 1. The summed E-state index contributed by atoms with van der Waals surface area (Å²) in [4.78, 5) is 0. The van der Waals surface area contributed by atoms with Crippen molar-refractivity contribution < 1.29 is 9.50 Å². The van der Waals surface area contributed by atoms with E-state index in [2.05, 4.69) is 12.1 Å². The van der Waals surface area contributed by atoms with Gasteiger partial charge in [-0.25, -0.2) is 4.39 Å². The lowest BCUT2D eigenvalue weighted by Gasteiger charge is -2.46. The van der Waals surface area contributed by atoms with E-state index in [4.69, 9.17) is 11.6 Å². The number of aliphatic hydroxyl groups is 1. The maximum absolute atomic E-state index is 13.1. The molecule has 1 N–H and O–H groups in total. The van der Waals surface area contributed by atoms with Crippen LogP contribution in [0.2, 0.25) is 5.02 Å². The van der Waals surface area contributed by atoms with Crippen LogP contribution in [0.4, 0.5) is 4.39 Å². The van der Waals surface area contributed by atoms with Gasteiger partial charge in [-0.1, -0.05) is 54.4 Å². The van der Waals surface area contributed by atoms with E-state index in [1.807, 2.05) is 18.2 Å². The smallest absolute Gasteiger partial charge is 0.124 e. The highest BCUT2D eigenvalue weighted by atomic mass is 35.5. The summed E-state index contributed by atoms with van der Waals surface area (Å²) >= 11 is 6.08. The summed E-state index contributed by atoms with van der Waals surface area (Å²) in [5, 5.41) is 11.2. The van der Waals surface area contributed by atoms with E-state index < -0.39 is 6.10 Å². The lowest BCUT2D eigenvalue weighted by molar-refractivity contribution is 0.0286. The highest BCUT2D eigenvalue weighted by Crippen LogP contribution is 2.47. The van der Waals surface area contributed by atoms with E-state index >= 15 is 0 Å². The molecule has 2 aromatic carbocycles. The minimum Gasteiger partial charge on any atom is -0.392 e. The lowest BCUT2D eigenvalue weighted by atomic mass is 9.60. The molecule has 0 saturated heterocycles. The molecule has 0 aliphatic heterocycles. The zero-order chi connectivity index (χ0) is 14.9. The Hall–Kier alpha value is -1.38. The van der Waals surface area contributed by atoms with Crippen LogP contribution >= 0.6 is 11.6 Å². The number of halogens is 2. The second kappa shape index (κ2) is 5.78. The van der Waals surface area contributed by atoms with Gasteiger partial charge in [-0.2, -0.15) is 0 Å². The van der Waals surface area contributed by atoms with Crippen LogP contribution in [0, 0.1) is 5.82 Å². The van der Waals surface area contributed by atoms with Gasteiger partial charge in [0.05, 0.1) is 6.10 Å². The van der Waals surface area contributed by atoms with E-state index in [1.165, 1.54) is 17.7 Å². The topological polar surface area (TPSA) is 20.2 Å². The van der Waals surface area contributed by atoms with E-state index in [0.717, 1.165) is 24.8 Å². The molecule has 3 heteroatoms. The third-order valence-electron chi connectivity index (χ3n) is 4.66. The molecule has 1 unspecified atom stereocenters. The number of rotatable bonds is 4. The first kappa shape index (κ1) is 14.6. The van der Waals surface area contributed by atoms with Crippen LogP contribution in [0.15, 0.2) is 48.5 Å². The first-order valence-corrected chi connectivity index (χ1v) is 7.67. The molecular weight excluding hydrogens is 287 g/mol. The average Bonchev–Trinajstić information content (AvgIpc) is 2.42. The molecule has 110 valence electrons. The molecule has 2 aromatic rings. The zero-order valence-corrected chi connectivity index (χ0v) is 12.5. The third kappa shape index (κ3) is 2.70. The van der Waals surface area contributed by atoms with Gasteiger partial charge in [0.1, 0.15) is 5.82 Å². The molecule has 1 atom stereocenters. The Morgan fingerprint density at radius 3 is 2.43 bits per heavy atom. The van der Waals surface area contributed by atoms with Gasteiger partial charge in [0, 0.05) is 16.9 Å². The van der Waals surface area contributed by atoms with Crippen LogP contribution in [0.25, 0.3) is 0 Å². The molecule has 0 heterocycles. The Balaban J connectivity index is 1.85. The molecule has 1 saturated carbocycles. The maximum atomic E-state index is 13.1. The van der Waals surface area contributed by atoms with Crippen molar-refractivity contribution in [1.29, 1.82) is 0 Å². The Kier molecular flexibility index (Phi) is 4.01. The van der Waals surface area contributed by atoms with Gasteiger partial charge in [-0.3, -0.25) is 0 Å². The zero-order valence-electron chi connectivity index (χ0n) is 11.7. The summed E-state index contributed by atoms with van der Waals surface area (Å²) in [5.74, 6) is -0.348. The van der Waals surface area contributed by atoms with Crippen molar-refractivity contribution in [2.75, 3.05) is 0 Å². The molecule has 1 aliphatic rings. The van der Waals surface area contributed by atoms with E-state index in [1.54, 1.807) is 6.07 Å². The number of hydrogen-bond donors (Lipinski definition) is 1. The fourth-order valence-electron chi connectivity index (χ4n) is 3.23. The third-order valence-corrected chi connectivity index (χ3v) is 5.01. The molecular formula is C18H18ClFO. The number of benzene rings is 2. The Morgan fingerprint density at radius 2 is 1.86 bits per heavy atom. The van der Waals surface area contributed by atoms with Gasteiger partial charge in [-0.05, 0) is 36.1 Å². The SMILES string of the molecule is OC(Cc1ccc(F)cc1Cl)C1(c2ccccc2)CCC1. The summed E-state index contributed by atoms with van der Waals surface area (Å²) in [5.41, 5.74) is 1.80. The van der Waals surface area contributed by atoms with Crippen LogP contribution in [0.3, 0.4) is 0 Å². The van der Waals surface area contributed by atoms with E-state index in [0.29, 0.717) is 11.4 Å². The van der Waals surface area contributed by atoms with Crippen LogP contribution in [0.1, 0.15) is 30.4 Å². The summed E-state index contributed by atoms with van der Waals surface area (Å²) in [6.07, 6.45) is 3.04. The van der Waals surface area contributed by atoms with Gasteiger partial charge in [0.2, 0.25) is 0 Å². The molecule has 0 amide bonds. The second-order valence-corrected chi connectivity index (χ2v) is 6.24. The molecule has 0 radical (unpaired) electrons. The van der Waals surface area contributed by atoms with Crippen LogP contribution in [-0.2, 0) is 11.8 Å². The molecule has 21 heavy (non-hydrogen) atoms. The van der Waals surface area contributed by atoms with Crippen molar-refractivity contribution in [3.8, 4) is 0 Å². The van der Waals surface area contributed by atoms with Gasteiger partial charge >= 0.3 is 0 Å². The van der Waals surface area contributed by atoms with Crippen LogP contribution in [0.5, 0.6) is 0 Å². The molecule has 1 fully saturated rings. The molecule has 0 aromatic heterocycles. The van der Waals surface area contributed by atoms with E-state index in [-0.39, 0.29) is 11.2 Å². The highest BCUT2D eigenvalue weighted by Gasteiger charge is 2.44. The van der Waals surface area contributed by atoms with Crippen molar-refractivity contribution in [3.05, 3.63) is 70.5 Å². The van der Waals surface area contributed by atoms with Gasteiger partial charge in [-0.15, -0.1) is 0 Å². The Labute approximate surface area is 129 Å². The molecule has 1 aliphatic carbocycles. The fourth-order valence-corrected chi connectivity index (χ4v) is 3.48. The van der Waals surface area contributed by atoms with Gasteiger partial charge < -0.3 is 5.11 Å². The Morgan fingerprint density at radius 1 is 1.14 bits per heavy atom. The van der Waals surface area contributed by atoms with Crippen LogP contribution in [-0.4, -0.2) is 11.2 Å². The largest absolute Gasteiger partial charge is 0.392 e. The molecule has 3 rings (SSSR count). The average molecular weight is 305 g/mol. The monoisotopic (exact) mass is 304 g/mol. The van der Waals surface area contributed by atoms with Gasteiger partial charge in [0.25, 0.3) is 0 Å². The lowest BCUT2D eigenvalue weighted by Crippen LogP contribution is -2.46. The molecule has 0 bridgehead atoms. The summed E-state index contributed by atoms with van der Waals surface area (Å²) < 4.78 is 13.1. The Bertz CT molecular complexity index is 622. The van der Waals surface area contributed by atoms with Crippen molar-refractivity contribution >= 4 is 11.6 Å². The normalized spacial score (nSPS) is 18.0. The predicted octanol–water partition coefficient (Wildman–Crippen LogP) is 4.50. The predicted molar refractivity (Wildman–Crippen MR) is 83.1 cm³/mol.